The number of aliphatic hydroxyl groups excluding tert-OH is 1. The molecule has 21 heavy (non-hydrogen) atoms. The molecule has 0 aromatic heterocycles. The molecule has 1 heterocycles. The van der Waals surface area contributed by atoms with Gasteiger partial charge in [-0.1, -0.05) is 17.7 Å². The van der Waals surface area contributed by atoms with E-state index in [0.717, 1.165) is 37.4 Å². The summed E-state index contributed by atoms with van der Waals surface area (Å²) in [6.45, 7) is 6.71. The van der Waals surface area contributed by atoms with Crippen LogP contribution in [0.1, 0.15) is 24.0 Å². The second kappa shape index (κ2) is 7.78. The molecule has 2 rings (SSSR count). The maximum Gasteiger partial charge on any atom is 0.122 e. The standard InChI is InChI=1S/C17H27NO3/c1-13-4-5-17(14(2)10-13)21-12-16(19)11-18(3)15-6-8-20-9-7-15/h4-5,10,15-16,19H,6-9,11-12H2,1-3H3. The van der Waals surface area contributed by atoms with Gasteiger partial charge >= 0.3 is 0 Å². The summed E-state index contributed by atoms with van der Waals surface area (Å²) in [6.07, 6.45) is 1.61. The molecule has 0 amide bonds. The van der Waals surface area contributed by atoms with Crippen LogP contribution in [-0.4, -0.2) is 55.6 Å². The van der Waals surface area contributed by atoms with Crippen LogP contribution in [0.25, 0.3) is 0 Å². The van der Waals surface area contributed by atoms with E-state index in [-0.39, 0.29) is 0 Å². The second-order valence-corrected chi connectivity index (χ2v) is 6.02. The summed E-state index contributed by atoms with van der Waals surface area (Å²) in [7, 11) is 2.07. The van der Waals surface area contributed by atoms with Crippen molar-refractivity contribution in [3.8, 4) is 5.75 Å². The lowest BCUT2D eigenvalue weighted by Crippen LogP contribution is -2.42. The fourth-order valence-electron chi connectivity index (χ4n) is 2.81. The molecule has 1 unspecified atom stereocenters. The highest BCUT2D eigenvalue weighted by Gasteiger charge is 2.20. The molecule has 0 aliphatic carbocycles. The quantitative estimate of drug-likeness (QED) is 0.873. The maximum absolute atomic E-state index is 10.2. The monoisotopic (exact) mass is 293 g/mol. The van der Waals surface area contributed by atoms with Crippen molar-refractivity contribution >= 4 is 0 Å². The maximum atomic E-state index is 10.2. The molecule has 1 fully saturated rings. The highest BCUT2D eigenvalue weighted by atomic mass is 16.5. The van der Waals surface area contributed by atoms with Gasteiger partial charge in [0.2, 0.25) is 0 Å². The van der Waals surface area contributed by atoms with Gasteiger partial charge in [0.25, 0.3) is 0 Å². The summed E-state index contributed by atoms with van der Waals surface area (Å²) in [5.41, 5.74) is 2.33. The Morgan fingerprint density at radius 2 is 2.05 bits per heavy atom. The van der Waals surface area contributed by atoms with Crippen molar-refractivity contribution < 1.29 is 14.6 Å². The highest BCUT2D eigenvalue weighted by Crippen LogP contribution is 2.19. The molecular weight excluding hydrogens is 266 g/mol. The Bertz CT molecular complexity index is 444. The average molecular weight is 293 g/mol. The van der Waals surface area contributed by atoms with Crippen molar-refractivity contribution in [3.05, 3.63) is 29.3 Å². The van der Waals surface area contributed by atoms with Gasteiger partial charge in [-0.25, -0.2) is 0 Å². The van der Waals surface area contributed by atoms with Crippen LogP contribution in [0.4, 0.5) is 0 Å². The zero-order valence-electron chi connectivity index (χ0n) is 13.3. The van der Waals surface area contributed by atoms with Gasteiger partial charge in [-0.15, -0.1) is 0 Å². The zero-order valence-corrected chi connectivity index (χ0v) is 13.3. The molecule has 0 radical (unpaired) electrons. The summed E-state index contributed by atoms with van der Waals surface area (Å²) < 4.78 is 11.1. The molecule has 118 valence electrons. The van der Waals surface area contributed by atoms with Gasteiger partial charge in [-0.2, -0.15) is 0 Å². The Balaban J connectivity index is 1.77. The van der Waals surface area contributed by atoms with Gasteiger partial charge in [-0.05, 0) is 45.4 Å². The number of hydrogen-bond acceptors (Lipinski definition) is 4. The molecule has 4 nitrogen and oxygen atoms in total. The SMILES string of the molecule is Cc1ccc(OCC(O)CN(C)C2CCOCC2)c(C)c1. The van der Waals surface area contributed by atoms with Crippen molar-refractivity contribution in [3.63, 3.8) is 0 Å². The van der Waals surface area contributed by atoms with E-state index in [9.17, 15) is 5.11 Å². The number of ether oxygens (including phenoxy) is 2. The number of aliphatic hydroxyl groups is 1. The minimum Gasteiger partial charge on any atom is -0.491 e. The fourth-order valence-corrected chi connectivity index (χ4v) is 2.81. The molecular formula is C17H27NO3. The molecule has 1 aliphatic heterocycles. The average Bonchev–Trinajstić information content (AvgIpc) is 2.47. The molecule has 1 N–H and O–H groups in total. The number of likely N-dealkylation sites (N-methyl/N-ethyl adjacent to an activating group) is 1. The number of aryl methyl sites for hydroxylation is 2. The van der Waals surface area contributed by atoms with Crippen molar-refractivity contribution in [2.45, 2.75) is 38.8 Å². The first kappa shape index (κ1) is 16.3. The lowest BCUT2D eigenvalue weighted by Gasteiger charge is -2.32. The van der Waals surface area contributed by atoms with Gasteiger partial charge in [0.1, 0.15) is 18.5 Å². The Labute approximate surface area is 127 Å². The third-order valence-corrected chi connectivity index (χ3v) is 4.07. The fraction of sp³-hybridized carbons (Fsp3) is 0.647. The molecule has 1 saturated heterocycles. The smallest absolute Gasteiger partial charge is 0.122 e. The van der Waals surface area contributed by atoms with Crippen molar-refractivity contribution in [2.75, 3.05) is 33.4 Å². The zero-order chi connectivity index (χ0) is 15.2. The Kier molecular flexibility index (Phi) is 6.03. The van der Waals surface area contributed by atoms with Crippen LogP contribution in [0.3, 0.4) is 0 Å². The molecule has 0 saturated carbocycles. The van der Waals surface area contributed by atoms with E-state index in [0.29, 0.717) is 19.2 Å². The number of nitrogens with zero attached hydrogens (tertiary/aromatic N) is 1. The van der Waals surface area contributed by atoms with E-state index in [4.69, 9.17) is 9.47 Å². The van der Waals surface area contributed by atoms with Crippen LogP contribution in [0.15, 0.2) is 18.2 Å². The van der Waals surface area contributed by atoms with Crippen LogP contribution in [0.5, 0.6) is 5.75 Å². The first-order chi connectivity index (χ1) is 10.1. The summed E-state index contributed by atoms with van der Waals surface area (Å²) in [5.74, 6) is 0.855. The summed E-state index contributed by atoms with van der Waals surface area (Å²) >= 11 is 0. The van der Waals surface area contributed by atoms with Gasteiger partial charge in [0.15, 0.2) is 0 Å². The van der Waals surface area contributed by atoms with Gasteiger partial charge in [0, 0.05) is 25.8 Å². The van der Waals surface area contributed by atoms with Crippen molar-refractivity contribution in [1.82, 2.24) is 4.90 Å². The van der Waals surface area contributed by atoms with E-state index in [1.165, 1.54) is 5.56 Å². The van der Waals surface area contributed by atoms with Crippen molar-refractivity contribution in [1.29, 1.82) is 0 Å². The molecule has 1 aromatic carbocycles. The van der Waals surface area contributed by atoms with Gasteiger partial charge in [-0.3, -0.25) is 0 Å². The molecule has 4 heteroatoms. The Morgan fingerprint density at radius 3 is 2.71 bits per heavy atom. The van der Waals surface area contributed by atoms with E-state index in [1.54, 1.807) is 0 Å². The predicted molar refractivity (Wildman–Crippen MR) is 83.9 cm³/mol. The number of hydrogen-bond donors (Lipinski definition) is 1. The minimum atomic E-state index is -0.474. The molecule has 1 aliphatic rings. The van der Waals surface area contributed by atoms with Crippen LogP contribution >= 0.6 is 0 Å². The third kappa shape index (κ3) is 4.99. The van der Waals surface area contributed by atoms with Gasteiger partial charge < -0.3 is 19.5 Å². The molecule has 0 bridgehead atoms. The first-order valence-corrected chi connectivity index (χ1v) is 7.72. The largest absolute Gasteiger partial charge is 0.491 e. The third-order valence-electron chi connectivity index (χ3n) is 4.07. The van der Waals surface area contributed by atoms with Crippen LogP contribution in [0.2, 0.25) is 0 Å². The molecule has 1 aromatic rings. The minimum absolute atomic E-state index is 0.331. The topological polar surface area (TPSA) is 41.9 Å². The highest BCUT2D eigenvalue weighted by molar-refractivity contribution is 5.35. The number of benzene rings is 1. The number of rotatable bonds is 6. The normalized spacial score (nSPS) is 18.0. The predicted octanol–water partition coefficient (Wildman–Crippen LogP) is 2.15. The van der Waals surface area contributed by atoms with E-state index >= 15 is 0 Å². The Morgan fingerprint density at radius 1 is 1.33 bits per heavy atom. The second-order valence-electron chi connectivity index (χ2n) is 6.02. The lowest BCUT2D eigenvalue weighted by molar-refractivity contribution is 0.0159. The Hall–Kier alpha value is -1.10. The van der Waals surface area contributed by atoms with E-state index in [1.807, 2.05) is 19.1 Å². The molecule has 1 atom stereocenters. The van der Waals surface area contributed by atoms with E-state index < -0.39 is 6.10 Å². The van der Waals surface area contributed by atoms with Crippen molar-refractivity contribution in [2.24, 2.45) is 0 Å². The van der Waals surface area contributed by atoms with Gasteiger partial charge in [0.05, 0.1) is 0 Å². The summed E-state index contributed by atoms with van der Waals surface area (Å²) in [6, 6.07) is 6.60. The lowest BCUT2D eigenvalue weighted by atomic mass is 10.1. The summed E-state index contributed by atoms with van der Waals surface area (Å²) in [4.78, 5) is 2.22. The summed E-state index contributed by atoms with van der Waals surface area (Å²) in [5, 5.41) is 10.2. The van der Waals surface area contributed by atoms with Crippen LogP contribution in [0, 0.1) is 13.8 Å². The van der Waals surface area contributed by atoms with Crippen LogP contribution < -0.4 is 4.74 Å². The first-order valence-electron chi connectivity index (χ1n) is 7.72. The molecule has 0 spiro atoms. The van der Waals surface area contributed by atoms with E-state index in [2.05, 4.69) is 24.9 Å². The van der Waals surface area contributed by atoms with Crippen LogP contribution in [-0.2, 0) is 4.74 Å².